The Balaban J connectivity index is 1.37. The van der Waals surface area contributed by atoms with Gasteiger partial charge in [-0.05, 0) is 42.8 Å². The number of esters is 1. The minimum Gasteiger partial charge on any atom is -0.449 e. The van der Waals surface area contributed by atoms with Crippen LogP contribution in [0.4, 0.5) is 0 Å². The first-order chi connectivity index (χ1) is 14.2. The number of thiophene rings is 1. The zero-order chi connectivity index (χ0) is 20.1. The topological polar surface area (TPSA) is 65.2 Å². The Morgan fingerprint density at radius 1 is 0.966 bits per heavy atom. The van der Waals surface area contributed by atoms with Crippen LogP contribution in [0.25, 0.3) is 28.0 Å². The Morgan fingerprint density at radius 3 is 2.38 bits per heavy atom. The molecule has 0 amide bonds. The number of ether oxygens (including phenoxy) is 1. The molecule has 0 radical (unpaired) electrons. The van der Waals surface area contributed by atoms with E-state index in [9.17, 15) is 4.79 Å². The van der Waals surface area contributed by atoms with Crippen molar-refractivity contribution in [3.8, 4) is 21.9 Å². The summed E-state index contributed by atoms with van der Waals surface area (Å²) in [5.74, 6) is 0.186. The van der Waals surface area contributed by atoms with Crippen LogP contribution in [0.5, 0.6) is 0 Å². The molecule has 1 atom stereocenters. The first-order valence-electron chi connectivity index (χ1n) is 9.12. The molecule has 6 heteroatoms. The Labute approximate surface area is 172 Å². The van der Waals surface area contributed by atoms with Gasteiger partial charge >= 0.3 is 5.97 Å². The third-order valence-corrected chi connectivity index (χ3v) is 5.27. The third-order valence-electron chi connectivity index (χ3n) is 4.17. The average Bonchev–Trinajstić information content (AvgIpc) is 3.44. The minimum absolute atomic E-state index is 0.257. The Hall–Kier alpha value is -3.51. The lowest BCUT2D eigenvalue weighted by atomic mass is 10.2. The molecule has 0 N–H and O–H groups in total. The number of benzene rings is 2. The third kappa shape index (κ3) is 4.67. The number of rotatable bonds is 6. The molecule has 0 saturated heterocycles. The van der Waals surface area contributed by atoms with Gasteiger partial charge in [0.05, 0.1) is 0 Å². The molecule has 0 saturated carbocycles. The standard InChI is InChI=1S/C23H18N2O3S/c1-16(22-24-25-23(28-22)18-10-6-3-7-11-18)27-21(26)15-13-19-12-14-20(29-19)17-8-4-2-5-9-17/h2-16H,1H3/b15-13+/t16-/m1/s1. The number of nitrogens with zero attached hydrogens (tertiary/aromatic N) is 2. The van der Waals surface area contributed by atoms with Crippen LogP contribution in [0.1, 0.15) is 23.8 Å². The maximum atomic E-state index is 12.2. The number of hydrogen-bond donors (Lipinski definition) is 0. The normalized spacial score (nSPS) is 12.2. The van der Waals surface area contributed by atoms with Crippen LogP contribution in [0.15, 0.2) is 83.3 Å². The lowest BCUT2D eigenvalue weighted by Crippen LogP contribution is -2.06. The molecule has 2 aromatic carbocycles. The molecule has 0 aliphatic carbocycles. The molecule has 2 heterocycles. The van der Waals surface area contributed by atoms with E-state index in [0.29, 0.717) is 5.89 Å². The van der Waals surface area contributed by atoms with Crippen LogP contribution in [0.3, 0.4) is 0 Å². The van der Waals surface area contributed by atoms with E-state index in [1.54, 1.807) is 24.3 Å². The molecule has 4 rings (SSSR count). The quantitative estimate of drug-likeness (QED) is 0.302. The summed E-state index contributed by atoms with van der Waals surface area (Å²) in [5.41, 5.74) is 1.97. The first kappa shape index (κ1) is 18.8. The molecule has 0 bridgehead atoms. The molecule has 29 heavy (non-hydrogen) atoms. The van der Waals surface area contributed by atoms with E-state index in [1.807, 2.05) is 60.7 Å². The van der Waals surface area contributed by atoms with Crippen molar-refractivity contribution in [3.63, 3.8) is 0 Å². The van der Waals surface area contributed by atoms with Crippen LogP contribution < -0.4 is 0 Å². The number of carbonyl (C=O) groups is 1. The lowest BCUT2D eigenvalue weighted by Gasteiger charge is -2.06. The van der Waals surface area contributed by atoms with E-state index in [1.165, 1.54) is 6.08 Å². The van der Waals surface area contributed by atoms with Crippen molar-refractivity contribution in [1.82, 2.24) is 10.2 Å². The second-order valence-corrected chi connectivity index (χ2v) is 7.41. The van der Waals surface area contributed by atoms with Crippen LogP contribution in [0.2, 0.25) is 0 Å². The molecule has 0 fully saturated rings. The van der Waals surface area contributed by atoms with Crippen molar-refractivity contribution >= 4 is 23.4 Å². The smallest absolute Gasteiger partial charge is 0.331 e. The van der Waals surface area contributed by atoms with Crippen molar-refractivity contribution < 1.29 is 13.9 Å². The van der Waals surface area contributed by atoms with E-state index in [0.717, 1.165) is 20.9 Å². The minimum atomic E-state index is -0.639. The van der Waals surface area contributed by atoms with Gasteiger partial charge in [-0.15, -0.1) is 21.5 Å². The fraction of sp³-hybridized carbons (Fsp3) is 0.0870. The highest BCUT2D eigenvalue weighted by atomic mass is 32.1. The summed E-state index contributed by atoms with van der Waals surface area (Å²) < 4.78 is 11.0. The van der Waals surface area contributed by atoms with Crippen LogP contribution in [-0.4, -0.2) is 16.2 Å². The number of hydrogen-bond acceptors (Lipinski definition) is 6. The molecule has 144 valence electrons. The van der Waals surface area contributed by atoms with Crippen LogP contribution in [0, 0.1) is 0 Å². The zero-order valence-electron chi connectivity index (χ0n) is 15.7. The van der Waals surface area contributed by atoms with Crippen molar-refractivity contribution in [2.45, 2.75) is 13.0 Å². The molecule has 5 nitrogen and oxygen atoms in total. The number of carbonyl (C=O) groups excluding carboxylic acids is 1. The number of aromatic nitrogens is 2. The highest BCUT2D eigenvalue weighted by Crippen LogP contribution is 2.28. The molecule has 4 aromatic rings. The van der Waals surface area contributed by atoms with Crippen molar-refractivity contribution in [1.29, 1.82) is 0 Å². The van der Waals surface area contributed by atoms with Crippen LogP contribution in [-0.2, 0) is 9.53 Å². The van der Waals surface area contributed by atoms with Crippen molar-refractivity contribution in [2.75, 3.05) is 0 Å². The Morgan fingerprint density at radius 2 is 1.66 bits per heavy atom. The second kappa shape index (κ2) is 8.67. The summed E-state index contributed by atoms with van der Waals surface area (Å²) >= 11 is 1.61. The fourth-order valence-electron chi connectivity index (χ4n) is 2.71. The van der Waals surface area contributed by atoms with E-state index in [4.69, 9.17) is 9.15 Å². The van der Waals surface area contributed by atoms with Gasteiger partial charge in [0.15, 0.2) is 6.10 Å². The maximum Gasteiger partial charge on any atom is 0.331 e. The second-order valence-electron chi connectivity index (χ2n) is 6.29. The van der Waals surface area contributed by atoms with Gasteiger partial charge in [0, 0.05) is 21.4 Å². The summed E-state index contributed by atoms with van der Waals surface area (Å²) in [5, 5.41) is 8.00. The lowest BCUT2D eigenvalue weighted by molar-refractivity contribution is -0.143. The molecule has 0 unspecified atom stereocenters. The van der Waals surface area contributed by atoms with Crippen LogP contribution >= 0.6 is 11.3 Å². The summed E-state index contributed by atoms with van der Waals surface area (Å²) in [4.78, 5) is 14.3. The first-order valence-corrected chi connectivity index (χ1v) is 9.93. The molecule has 0 spiro atoms. The van der Waals surface area contributed by atoms with E-state index in [2.05, 4.69) is 22.3 Å². The van der Waals surface area contributed by atoms with Gasteiger partial charge in [0.25, 0.3) is 5.89 Å². The zero-order valence-corrected chi connectivity index (χ0v) is 16.5. The summed E-state index contributed by atoms with van der Waals surface area (Å²) in [6.07, 6.45) is 2.52. The van der Waals surface area contributed by atoms with Gasteiger partial charge < -0.3 is 9.15 Å². The fourth-order valence-corrected chi connectivity index (χ4v) is 3.63. The Kier molecular flexibility index (Phi) is 5.63. The van der Waals surface area contributed by atoms with Gasteiger partial charge in [0.1, 0.15) is 0 Å². The molecular formula is C23H18N2O3S. The van der Waals surface area contributed by atoms with Crippen molar-refractivity contribution in [3.05, 3.63) is 89.6 Å². The monoisotopic (exact) mass is 402 g/mol. The summed E-state index contributed by atoms with van der Waals surface area (Å²) in [7, 11) is 0. The average molecular weight is 402 g/mol. The largest absolute Gasteiger partial charge is 0.449 e. The molecular weight excluding hydrogens is 384 g/mol. The van der Waals surface area contributed by atoms with E-state index < -0.39 is 12.1 Å². The highest BCUT2D eigenvalue weighted by Gasteiger charge is 2.18. The van der Waals surface area contributed by atoms with Gasteiger partial charge in [-0.2, -0.15) is 0 Å². The van der Waals surface area contributed by atoms with E-state index >= 15 is 0 Å². The predicted octanol–water partition coefficient (Wildman–Crippen LogP) is 5.78. The summed E-state index contributed by atoms with van der Waals surface area (Å²) in [6.45, 7) is 1.70. The molecule has 0 aliphatic heterocycles. The molecule has 0 aliphatic rings. The van der Waals surface area contributed by atoms with Crippen molar-refractivity contribution in [2.24, 2.45) is 0 Å². The summed E-state index contributed by atoms with van der Waals surface area (Å²) in [6, 6.07) is 23.6. The highest BCUT2D eigenvalue weighted by molar-refractivity contribution is 7.16. The molecule has 2 aromatic heterocycles. The van der Waals surface area contributed by atoms with Gasteiger partial charge in [-0.1, -0.05) is 48.5 Å². The van der Waals surface area contributed by atoms with Gasteiger partial charge in [-0.25, -0.2) is 4.79 Å². The maximum absolute atomic E-state index is 12.2. The van der Waals surface area contributed by atoms with E-state index in [-0.39, 0.29) is 5.89 Å². The SMILES string of the molecule is C[C@@H](OC(=O)/C=C/c1ccc(-c2ccccc2)s1)c1nnc(-c2ccccc2)o1. The van der Waals surface area contributed by atoms with Gasteiger partial charge in [-0.3, -0.25) is 0 Å². The van der Waals surface area contributed by atoms with Gasteiger partial charge in [0.2, 0.25) is 5.89 Å². The Bertz CT molecular complexity index is 1120. The predicted molar refractivity (Wildman–Crippen MR) is 113 cm³/mol.